The summed E-state index contributed by atoms with van der Waals surface area (Å²) in [4.78, 5) is 3.86. The number of nitrogens with two attached hydrogens (primary N) is 2. The summed E-state index contributed by atoms with van der Waals surface area (Å²) in [6.45, 7) is 3.47. The highest BCUT2D eigenvalue weighted by Crippen LogP contribution is 2.35. The van der Waals surface area contributed by atoms with Gasteiger partial charge in [0.25, 0.3) is 0 Å². The highest BCUT2D eigenvalue weighted by atomic mass is 19.1. The predicted molar refractivity (Wildman–Crippen MR) is 55.3 cm³/mol. The number of aromatic nitrogens is 1. The van der Waals surface area contributed by atoms with E-state index in [4.69, 9.17) is 11.5 Å². The molecule has 1 heterocycles. The van der Waals surface area contributed by atoms with E-state index in [9.17, 15) is 4.39 Å². The molecule has 0 saturated heterocycles. The van der Waals surface area contributed by atoms with Crippen molar-refractivity contribution in [3.05, 3.63) is 23.9 Å². The maximum absolute atomic E-state index is 14.4. The Balaban J connectivity index is 3.19. The fourth-order valence-corrected chi connectivity index (χ4v) is 1.43. The number of nitrogens with zero attached hydrogens (tertiary/aromatic N) is 1. The fraction of sp³-hybridized carbons (Fsp3) is 0.500. The van der Waals surface area contributed by atoms with Crippen LogP contribution in [0.2, 0.25) is 0 Å². The molecule has 0 fully saturated rings. The lowest BCUT2D eigenvalue weighted by Gasteiger charge is -2.28. The quantitative estimate of drug-likeness (QED) is 0.770. The first kappa shape index (κ1) is 10.9. The van der Waals surface area contributed by atoms with Crippen molar-refractivity contribution < 1.29 is 4.39 Å². The summed E-state index contributed by atoms with van der Waals surface area (Å²) in [6.07, 6.45) is 1.54. The SMILES string of the molecule is CC(C)C(F)(CN)c1cccnc1N. The largest absolute Gasteiger partial charge is 0.383 e. The molecule has 1 aromatic rings. The number of halogens is 1. The van der Waals surface area contributed by atoms with Gasteiger partial charge in [-0.3, -0.25) is 0 Å². The molecule has 0 aromatic carbocycles. The maximum atomic E-state index is 14.4. The van der Waals surface area contributed by atoms with Crippen LogP contribution < -0.4 is 11.5 Å². The lowest BCUT2D eigenvalue weighted by Crippen LogP contribution is -2.36. The third-order valence-corrected chi connectivity index (χ3v) is 2.50. The minimum Gasteiger partial charge on any atom is -0.383 e. The smallest absolute Gasteiger partial charge is 0.153 e. The maximum Gasteiger partial charge on any atom is 0.153 e. The van der Waals surface area contributed by atoms with Gasteiger partial charge in [0.2, 0.25) is 0 Å². The summed E-state index contributed by atoms with van der Waals surface area (Å²) >= 11 is 0. The standard InChI is InChI=1S/C10H16FN3/c1-7(2)10(11,6-12)8-4-3-5-14-9(8)13/h3-5,7H,6,12H2,1-2H3,(H2,13,14). The second kappa shape index (κ2) is 3.92. The van der Waals surface area contributed by atoms with Crippen LogP contribution in [0.15, 0.2) is 18.3 Å². The summed E-state index contributed by atoms with van der Waals surface area (Å²) in [5.41, 5.74) is 9.87. The first-order chi connectivity index (χ1) is 6.52. The van der Waals surface area contributed by atoms with Crippen LogP contribution in [0.4, 0.5) is 10.2 Å². The fourth-order valence-electron chi connectivity index (χ4n) is 1.43. The van der Waals surface area contributed by atoms with Gasteiger partial charge in [-0.25, -0.2) is 9.37 Å². The molecule has 0 saturated carbocycles. The van der Waals surface area contributed by atoms with Crippen LogP contribution in [0.5, 0.6) is 0 Å². The molecule has 4 N–H and O–H groups in total. The zero-order valence-electron chi connectivity index (χ0n) is 8.50. The lowest BCUT2D eigenvalue weighted by atomic mass is 9.85. The molecule has 1 aromatic heterocycles. The Morgan fingerprint density at radius 3 is 2.64 bits per heavy atom. The van der Waals surface area contributed by atoms with Crippen molar-refractivity contribution in [2.24, 2.45) is 11.7 Å². The van der Waals surface area contributed by atoms with Crippen molar-refractivity contribution in [3.8, 4) is 0 Å². The van der Waals surface area contributed by atoms with Crippen molar-refractivity contribution in [3.63, 3.8) is 0 Å². The Bertz CT molecular complexity index is 314. The topological polar surface area (TPSA) is 64.9 Å². The van der Waals surface area contributed by atoms with E-state index in [0.717, 1.165) is 0 Å². The average Bonchev–Trinajstić information content (AvgIpc) is 2.17. The Morgan fingerprint density at radius 2 is 2.21 bits per heavy atom. The minimum absolute atomic E-state index is 0.0828. The molecule has 0 aliphatic heterocycles. The van der Waals surface area contributed by atoms with Crippen LogP contribution >= 0.6 is 0 Å². The first-order valence-electron chi connectivity index (χ1n) is 4.62. The number of hydrogen-bond acceptors (Lipinski definition) is 3. The van der Waals surface area contributed by atoms with Crippen molar-refractivity contribution in [2.75, 3.05) is 12.3 Å². The molecule has 0 aliphatic rings. The molecule has 0 aliphatic carbocycles. The van der Waals surface area contributed by atoms with Gasteiger partial charge >= 0.3 is 0 Å². The Kier molecular flexibility index (Phi) is 3.06. The molecular formula is C10H16FN3. The van der Waals surface area contributed by atoms with Crippen LogP contribution in [0.3, 0.4) is 0 Å². The number of hydrogen-bond donors (Lipinski definition) is 2. The molecule has 14 heavy (non-hydrogen) atoms. The van der Waals surface area contributed by atoms with E-state index in [0.29, 0.717) is 5.56 Å². The molecule has 1 atom stereocenters. The molecule has 3 nitrogen and oxygen atoms in total. The average molecular weight is 197 g/mol. The van der Waals surface area contributed by atoms with Crippen molar-refractivity contribution >= 4 is 5.82 Å². The van der Waals surface area contributed by atoms with Crippen LogP contribution in [0.1, 0.15) is 19.4 Å². The molecule has 0 spiro atoms. The molecule has 0 radical (unpaired) electrons. The highest BCUT2D eigenvalue weighted by Gasteiger charge is 2.36. The number of pyridine rings is 1. The predicted octanol–water partition coefficient (Wildman–Crippen LogP) is 1.44. The van der Waals surface area contributed by atoms with Gasteiger partial charge in [0.05, 0.1) is 0 Å². The number of anilines is 1. The van der Waals surface area contributed by atoms with Crippen molar-refractivity contribution in [2.45, 2.75) is 19.5 Å². The van der Waals surface area contributed by atoms with E-state index in [1.54, 1.807) is 26.0 Å². The first-order valence-corrected chi connectivity index (χ1v) is 4.62. The van der Waals surface area contributed by atoms with Gasteiger partial charge in [-0.1, -0.05) is 19.9 Å². The van der Waals surface area contributed by atoms with E-state index >= 15 is 0 Å². The Morgan fingerprint density at radius 1 is 1.57 bits per heavy atom. The lowest BCUT2D eigenvalue weighted by molar-refractivity contribution is 0.110. The summed E-state index contributed by atoms with van der Waals surface area (Å²) in [6, 6.07) is 3.30. The molecule has 1 unspecified atom stereocenters. The minimum atomic E-state index is -1.58. The zero-order chi connectivity index (χ0) is 10.8. The molecule has 78 valence electrons. The second-order valence-corrected chi connectivity index (χ2v) is 3.66. The van der Waals surface area contributed by atoms with Gasteiger partial charge in [0.1, 0.15) is 5.82 Å². The van der Waals surface area contributed by atoms with Gasteiger partial charge in [0.15, 0.2) is 5.67 Å². The third-order valence-electron chi connectivity index (χ3n) is 2.50. The van der Waals surface area contributed by atoms with Crippen molar-refractivity contribution in [1.82, 2.24) is 4.98 Å². The molecule has 1 rings (SSSR count). The zero-order valence-corrected chi connectivity index (χ0v) is 8.50. The molecule has 0 bridgehead atoms. The van der Waals surface area contributed by atoms with Gasteiger partial charge in [-0.05, 0) is 12.0 Å². The van der Waals surface area contributed by atoms with E-state index in [1.807, 2.05) is 0 Å². The summed E-state index contributed by atoms with van der Waals surface area (Å²) in [7, 11) is 0. The summed E-state index contributed by atoms with van der Waals surface area (Å²) in [5.74, 6) is -0.00634. The van der Waals surface area contributed by atoms with E-state index in [-0.39, 0.29) is 18.3 Å². The Labute approximate surface area is 83.3 Å². The van der Waals surface area contributed by atoms with Gasteiger partial charge in [-0.15, -0.1) is 0 Å². The number of rotatable bonds is 3. The van der Waals surface area contributed by atoms with E-state index in [1.165, 1.54) is 6.20 Å². The summed E-state index contributed by atoms with van der Waals surface area (Å²) in [5, 5.41) is 0. The van der Waals surface area contributed by atoms with Crippen LogP contribution in [0, 0.1) is 5.92 Å². The summed E-state index contributed by atoms with van der Waals surface area (Å²) < 4.78 is 14.4. The van der Waals surface area contributed by atoms with Crippen molar-refractivity contribution in [1.29, 1.82) is 0 Å². The Hall–Kier alpha value is -1.16. The van der Waals surface area contributed by atoms with E-state index in [2.05, 4.69) is 4.98 Å². The number of nitrogen functional groups attached to an aromatic ring is 1. The van der Waals surface area contributed by atoms with E-state index < -0.39 is 5.67 Å². The molecule has 4 heteroatoms. The van der Waals surface area contributed by atoms with Gasteiger partial charge in [-0.2, -0.15) is 0 Å². The molecule has 0 amide bonds. The second-order valence-electron chi connectivity index (χ2n) is 3.66. The number of alkyl halides is 1. The third kappa shape index (κ3) is 1.70. The van der Waals surface area contributed by atoms with Crippen LogP contribution in [-0.2, 0) is 5.67 Å². The molecular weight excluding hydrogens is 181 g/mol. The van der Waals surface area contributed by atoms with Gasteiger partial charge in [0, 0.05) is 18.3 Å². The van der Waals surface area contributed by atoms with Crippen LogP contribution in [-0.4, -0.2) is 11.5 Å². The van der Waals surface area contributed by atoms with Gasteiger partial charge < -0.3 is 11.5 Å². The van der Waals surface area contributed by atoms with Crippen LogP contribution in [0.25, 0.3) is 0 Å². The highest BCUT2D eigenvalue weighted by molar-refractivity contribution is 5.43. The normalized spacial score (nSPS) is 15.5. The monoisotopic (exact) mass is 197 g/mol.